The highest BCUT2D eigenvalue weighted by molar-refractivity contribution is 7.21. The lowest BCUT2D eigenvalue weighted by molar-refractivity contribution is 1.33. The third kappa shape index (κ3) is 3.65. The van der Waals surface area contributed by atoms with Gasteiger partial charge in [0.1, 0.15) is 0 Å². The molecule has 156 valence electrons. The van der Waals surface area contributed by atoms with Gasteiger partial charge in [-0.25, -0.2) is 0 Å². The first kappa shape index (κ1) is 19.7. The number of fused-ring (bicyclic) bond motifs is 1. The zero-order valence-corrected chi connectivity index (χ0v) is 18.8. The van der Waals surface area contributed by atoms with Crippen LogP contribution in [0.2, 0.25) is 0 Å². The van der Waals surface area contributed by atoms with Crippen LogP contribution in [0.15, 0.2) is 128 Å². The molecule has 0 unspecified atom stereocenters. The second-order valence-corrected chi connectivity index (χ2v) is 9.04. The van der Waals surface area contributed by atoms with Crippen molar-refractivity contribution in [2.24, 2.45) is 0 Å². The second kappa shape index (κ2) is 8.50. The molecule has 33 heavy (non-hydrogen) atoms. The Labute approximate surface area is 197 Å². The average Bonchev–Trinajstić information content (AvgIpc) is 3.29. The number of benzene rings is 4. The van der Waals surface area contributed by atoms with E-state index in [0.717, 1.165) is 16.8 Å². The van der Waals surface area contributed by atoms with Crippen LogP contribution >= 0.6 is 11.3 Å². The van der Waals surface area contributed by atoms with Crippen molar-refractivity contribution < 1.29 is 0 Å². The summed E-state index contributed by atoms with van der Waals surface area (Å²) in [6.07, 6.45) is 2.01. The molecule has 0 atom stereocenters. The molecule has 0 saturated heterocycles. The highest BCUT2D eigenvalue weighted by Crippen LogP contribution is 2.46. The third-order valence-electron chi connectivity index (χ3n) is 5.97. The van der Waals surface area contributed by atoms with Gasteiger partial charge in [0.05, 0.1) is 5.69 Å². The van der Waals surface area contributed by atoms with E-state index in [0.29, 0.717) is 0 Å². The highest BCUT2D eigenvalue weighted by atomic mass is 32.1. The lowest BCUT2D eigenvalue weighted by Crippen LogP contribution is -1.83. The molecule has 2 heteroatoms. The standard InChI is InChI=1S/C31H21NS/c1-3-11-22(12-4-1)25-15-7-8-16-26(25)31-28-18-10-9-17-27(28)30(33-31)24-19-20-29(32-21-24)23-13-5-2-6-14-23/h1-21H. The Hall–Kier alpha value is -4.01. The summed E-state index contributed by atoms with van der Waals surface area (Å²) >= 11 is 1.85. The van der Waals surface area contributed by atoms with E-state index >= 15 is 0 Å². The van der Waals surface area contributed by atoms with Crippen LogP contribution in [0.3, 0.4) is 0 Å². The quantitative estimate of drug-likeness (QED) is 0.267. The van der Waals surface area contributed by atoms with Gasteiger partial charge < -0.3 is 0 Å². The fraction of sp³-hybridized carbons (Fsp3) is 0. The number of pyridine rings is 1. The summed E-state index contributed by atoms with van der Waals surface area (Å²) in [5.74, 6) is 0. The zero-order valence-electron chi connectivity index (χ0n) is 18.0. The highest BCUT2D eigenvalue weighted by Gasteiger charge is 2.17. The van der Waals surface area contributed by atoms with E-state index < -0.39 is 0 Å². The van der Waals surface area contributed by atoms with Crippen LogP contribution in [-0.2, 0) is 0 Å². The predicted octanol–water partition coefficient (Wildman–Crippen LogP) is 8.96. The number of rotatable bonds is 4. The van der Waals surface area contributed by atoms with Crippen molar-refractivity contribution in [3.8, 4) is 43.3 Å². The van der Waals surface area contributed by atoms with Crippen molar-refractivity contribution in [1.82, 2.24) is 4.98 Å². The minimum Gasteiger partial charge on any atom is -0.256 e. The molecular weight excluding hydrogens is 418 g/mol. The van der Waals surface area contributed by atoms with Gasteiger partial charge in [0.25, 0.3) is 0 Å². The Morgan fingerprint density at radius 3 is 1.67 bits per heavy atom. The van der Waals surface area contributed by atoms with Crippen LogP contribution in [0.1, 0.15) is 0 Å². The van der Waals surface area contributed by atoms with E-state index in [1.807, 2.05) is 35.7 Å². The molecule has 6 aromatic rings. The molecule has 0 bridgehead atoms. The molecule has 0 aliphatic heterocycles. The second-order valence-electron chi connectivity index (χ2n) is 8.02. The molecule has 0 aliphatic rings. The largest absolute Gasteiger partial charge is 0.256 e. The lowest BCUT2D eigenvalue weighted by Gasteiger charge is -2.09. The summed E-state index contributed by atoms with van der Waals surface area (Å²) in [5.41, 5.74) is 7.05. The van der Waals surface area contributed by atoms with Crippen molar-refractivity contribution in [2.45, 2.75) is 0 Å². The first-order chi connectivity index (χ1) is 16.4. The van der Waals surface area contributed by atoms with E-state index in [9.17, 15) is 0 Å². The van der Waals surface area contributed by atoms with Crippen LogP contribution in [0.5, 0.6) is 0 Å². The van der Waals surface area contributed by atoms with Gasteiger partial charge in [0.2, 0.25) is 0 Å². The predicted molar refractivity (Wildman–Crippen MR) is 141 cm³/mol. The molecule has 0 spiro atoms. The van der Waals surface area contributed by atoms with Crippen molar-refractivity contribution in [1.29, 1.82) is 0 Å². The Morgan fingerprint density at radius 2 is 1.00 bits per heavy atom. The van der Waals surface area contributed by atoms with Crippen molar-refractivity contribution in [3.05, 3.63) is 128 Å². The maximum absolute atomic E-state index is 4.79. The number of thiophene rings is 1. The third-order valence-corrected chi connectivity index (χ3v) is 7.28. The molecule has 0 N–H and O–H groups in total. The number of aromatic nitrogens is 1. The molecule has 1 nitrogen and oxygen atoms in total. The van der Waals surface area contributed by atoms with Gasteiger partial charge in [-0.15, -0.1) is 11.3 Å². The summed E-state index contributed by atoms with van der Waals surface area (Å²) in [4.78, 5) is 7.34. The Bertz CT molecular complexity index is 1530. The first-order valence-corrected chi connectivity index (χ1v) is 11.9. The summed E-state index contributed by atoms with van der Waals surface area (Å²) in [6, 6.07) is 42.7. The SMILES string of the molecule is c1ccc(-c2ccc(-c3sc(-c4ccccc4-c4ccccc4)c4ccccc34)cn2)cc1. The monoisotopic (exact) mass is 439 g/mol. The Kier molecular flexibility index (Phi) is 5.06. The number of hydrogen-bond acceptors (Lipinski definition) is 2. The molecule has 2 aromatic heterocycles. The van der Waals surface area contributed by atoms with Gasteiger partial charge >= 0.3 is 0 Å². The minimum absolute atomic E-state index is 0.995. The van der Waals surface area contributed by atoms with E-state index in [1.165, 1.54) is 37.2 Å². The Balaban J connectivity index is 1.50. The number of nitrogens with zero attached hydrogens (tertiary/aromatic N) is 1. The van der Waals surface area contributed by atoms with Crippen LogP contribution in [0.25, 0.3) is 54.0 Å². The van der Waals surface area contributed by atoms with Gasteiger partial charge in [-0.05, 0) is 23.3 Å². The molecule has 0 fully saturated rings. The maximum atomic E-state index is 4.79. The maximum Gasteiger partial charge on any atom is 0.0702 e. The van der Waals surface area contributed by atoms with Crippen LogP contribution in [0, 0.1) is 0 Å². The van der Waals surface area contributed by atoms with E-state index in [2.05, 4.69) is 103 Å². The smallest absolute Gasteiger partial charge is 0.0702 e. The summed E-state index contributed by atoms with van der Waals surface area (Å²) < 4.78 is 0. The molecule has 6 rings (SSSR count). The zero-order chi connectivity index (χ0) is 22.0. The summed E-state index contributed by atoms with van der Waals surface area (Å²) in [5, 5.41) is 2.56. The lowest BCUT2D eigenvalue weighted by atomic mass is 9.97. The van der Waals surface area contributed by atoms with Crippen LogP contribution in [-0.4, -0.2) is 4.98 Å². The fourth-order valence-corrected chi connectivity index (χ4v) is 5.67. The topological polar surface area (TPSA) is 12.9 Å². The molecule has 0 radical (unpaired) electrons. The van der Waals surface area contributed by atoms with E-state index in [-0.39, 0.29) is 0 Å². The summed E-state index contributed by atoms with van der Waals surface area (Å²) in [7, 11) is 0. The van der Waals surface area contributed by atoms with E-state index in [1.54, 1.807) is 0 Å². The van der Waals surface area contributed by atoms with Crippen molar-refractivity contribution in [2.75, 3.05) is 0 Å². The molecular formula is C31H21NS. The van der Waals surface area contributed by atoms with Gasteiger partial charge in [-0.2, -0.15) is 0 Å². The fourth-order valence-electron chi connectivity index (χ4n) is 4.36. The van der Waals surface area contributed by atoms with Crippen molar-refractivity contribution >= 4 is 22.1 Å². The van der Waals surface area contributed by atoms with Crippen LogP contribution < -0.4 is 0 Å². The molecule has 0 aliphatic carbocycles. The molecule has 2 heterocycles. The minimum atomic E-state index is 0.995. The molecule has 0 saturated carbocycles. The first-order valence-electron chi connectivity index (χ1n) is 11.1. The normalized spacial score (nSPS) is 11.0. The van der Waals surface area contributed by atoms with E-state index in [4.69, 9.17) is 4.98 Å². The van der Waals surface area contributed by atoms with Crippen molar-refractivity contribution in [3.63, 3.8) is 0 Å². The molecule has 4 aromatic carbocycles. The van der Waals surface area contributed by atoms with Gasteiger partial charge in [0.15, 0.2) is 0 Å². The Morgan fingerprint density at radius 1 is 0.424 bits per heavy atom. The molecule has 0 amide bonds. The van der Waals surface area contributed by atoms with Gasteiger partial charge in [0, 0.05) is 43.4 Å². The van der Waals surface area contributed by atoms with Crippen LogP contribution in [0.4, 0.5) is 0 Å². The van der Waals surface area contributed by atoms with Gasteiger partial charge in [-0.3, -0.25) is 4.98 Å². The number of hydrogen-bond donors (Lipinski definition) is 0. The summed E-state index contributed by atoms with van der Waals surface area (Å²) in [6.45, 7) is 0. The van der Waals surface area contributed by atoms with Gasteiger partial charge in [-0.1, -0.05) is 109 Å². The average molecular weight is 440 g/mol.